The van der Waals surface area contributed by atoms with Crippen molar-refractivity contribution in [2.45, 2.75) is 80.7 Å². The molecule has 0 bridgehead atoms. The van der Waals surface area contributed by atoms with Crippen LogP contribution in [0.15, 0.2) is 42.6 Å². The number of aliphatic hydroxyl groups excluding tert-OH is 1. The number of hydrogen-bond acceptors (Lipinski definition) is 25. The maximum Gasteiger partial charge on any atom is 0.268 e. The molecule has 296 valence electrons. The number of nitrogen functional groups attached to an aromatic ring is 1. The molecule has 55 heavy (non-hydrogen) atoms. The fourth-order valence-corrected chi connectivity index (χ4v) is 8.68. The minimum Gasteiger partial charge on any atom is -0.756 e. The Bertz CT molecular complexity index is 2070. The van der Waals surface area contributed by atoms with Gasteiger partial charge in [0, 0.05) is 19.4 Å². The van der Waals surface area contributed by atoms with Crippen molar-refractivity contribution in [3.63, 3.8) is 0 Å². The summed E-state index contributed by atoms with van der Waals surface area (Å²) >= 11 is 0. The summed E-state index contributed by atoms with van der Waals surface area (Å²) in [6.45, 7) is -1.34. The normalized spacial score (nSPS) is 34.5. The topological polar surface area (TPSA) is 358 Å². The van der Waals surface area contributed by atoms with Gasteiger partial charge in [-0.2, -0.15) is 0 Å². The molecule has 2 aromatic rings. The Kier molecular flexibility index (Phi) is 10.2. The largest absolute Gasteiger partial charge is 0.756 e. The van der Waals surface area contributed by atoms with Crippen LogP contribution in [0.1, 0.15) is 12.8 Å². The number of phosphoric acid groups is 2. The minimum absolute atomic E-state index is 0.00881. The highest BCUT2D eigenvalue weighted by atomic mass is 31.2. The summed E-state index contributed by atoms with van der Waals surface area (Å²) in [7, 11) is -10.1. The van der Waals surface area contributed by atoms with Crippen molar-refractivity contribution in [2.24, 2.45) is 41.4 Å². The molecule has 2 fully saturated rings. The molecular weight excluding hydrogens is 772 g/mol. The quantitative estimate of drug-likeness (QED) is 0.133. The number of anilines is 1. The molecular formula is C27H35N15O11P2-2. The highest BCUT2D eigenvalue weighted by Gasteiger charge is 2.49. The Morgan fingerprint density at radius 2 is 1.40 bits per heavy atom. The Hall–Kier alpha value is -4.33. The second-order valence-corrected chi connectivity index (χ2v) is 15.6. The number of nitrogens with zero attached hydrogens (tertiary/aromatic N) is 12. The van der Waals surface area contributed by atoms with Gasteiger partial charge < -0.3 is 74.0 Å². The number of imidazole rings is 1. The molecule has 0 amide bonds. The minimum atomic E-state index is -5.11. The van der Waals surface area contributed by atoms with Gasteiger partial charge in [0.25, 0.3) is 15.6 Å². The van der Waals surface area contributed by atoms with Crippen LogP contribution in [0.3, 0.4) is 0 Å². The van der Waals surface area contributed by atoms with E-state index in [1.807, 2.05) is 0 Å². The summed E-state index contributed by atoms with van der Waals surface area (Å²) in [6.07, 6.45) is -0.0236. The lowest BCUT2D eigenvalue weighted by molar-refractivity contribution is -0.235. The number of ether oxygens (including phenoxy) is 2. The lowest BCUT2D eigenvalue weighted by Gasteiger charge is -2.35. The van der Waals surface area contributed by atoms with Gasteiger partial charge in [0.15, 0.2) is 36.3 Å². The van der Waals surface area contributed by atoms with E-state index in [-0.39, 0.29) is 43.5 Å². The van der Waals surface area contributed by atoms with Gasteiger partial charge in [-0.05, 0) is 0 Å². The Balaban J connectivity index is 0.923. The highest BCUT2D eigenvalue weighted by Crippen LogP contribution is 2.47. The fraction of sp³-hybridized carbons (Fsp3) is 0.593. The molecule has 2 saturated heterocycles. The van der Waals surface area contributed by atoms with Crippen LogP contribution < -0.4 is 27.0 Å². The standard InChI is InChI=1S/C27H37N15O11P2/c28-20-17-23(34-7-31-20)40(10-37-17)1-2-48-54(44,45)52-16-4-14(51-27(16)42-12-39-19-22(30)33-9-36-25(19)42)6-49-55(46,47)53-15-3-13(5-43)50-26(15)41-11-38-18-21(29)32-8-35-24(18)41/h7-16,18-19,24-27,43H,1-6H2,(H,44,45)(H,46,47)(H2,28,31,34)(H2,29,32,35)(H2,30,33,36)/p-2/t13-,14-,15+,16+,18?,19?,24?,25?,26+,27+/m0/s1. The number of fused-ring (bicyclic) bond motifs is 3. The SMILES string of the molecule is NC1=NC=NC2C1N=CN2[C@@H]1O[C@H](CO)C[C@H]1OP(=O)([O-])OC[C@@H]1C[C@@H](OP(=O)([O-])OCCn2cnc3c(N)ncnc32)[C@H](N2C=NC3C(N)=NC=NC32)O1. The van der Waals surface area contributed by atoms with Gasteiger partial charge in [-0.15, -0.1) is 0 Å². The molecule has 0 aliphatic carbocycles. The summed E-state index contributed by atoms with van der Waals surface area (Å²) in [5.74, 6) is 0.556. The van der Waals surface area contributed by atoms with E-state index in [4.69, 9.17) is 44.8 Å². The zero-order valence-corrected chi connectivity index (χ0v) is 30.3. The zero-order chi connectivity index (χ0) is 38.5. The van der Waals surface area contributed by atoms with Crippen molar-refractivity contribution in [1.82, 2.24) is 29.3 Å². The van der Waals surface area contributed by atoms with Crippen molar-refractivity contribution in [3.05, 3.63) is 12.7 Å². The number of hydrogen-bond donors (Lipinski definition) is 4. The van der Waals surface area contributed by atoms with Crippen LogP contribution in [-0.2, 0) is 43.2 Å². The third-order valence-electron chi connectivity index (χ3n) is 9.40. The molecule has 0 spiro atoms. The van der Waals surface area contributed by atoms with Crippen molar-refractivity contribution in [2.75, 3.05) is 25.6 Å². The average Bonchev–Trinajstić information content (AvgIpc) is 3.98. The molecule has 8 rings (SSSR count). The van der Waals surface area contributed by atoms with E-state index >= 15 is 0 Å². The van der Waals surface area contributed by atoms with Crippen LogP contribution in [0.2, 0.25) is 0 Å². The predicted octanol–water partition coefficient (Wildman–Crippen LogP) is -3.75. The number of nitrogens with two attached hydrogens (primary N) is 3. The smallest absolute Gasteiger partial charge is 0.268 e. The Labute approximate surface area is 310 Å². The number of aliphatic imine (C=N–C) groups is 6. The molecule has 2 aromatic heterocycles. The molecule has 0 saturated carbocycles. The molecule has 6 aliphatic rings. The van der Waals surface area contributed by atoms with E-state index in [0.717, 1.165) is 0 Å². The molecule has 26 nitrogen and oxygen atoms in total. The van der Waals surface area contributed by atoms with E-state index in [9.17, 15) is 24.0 Å². The lowest BCUT2D eigenvalue weighted by Crippen LogP contribution is -2.51. The lowest BCUT2D eigenvalue weighted by atomic mass is 10.1. The molecule has 0 aromatic carbocycles. The zero-order valence-electron chi connectivity index (χ0n) is 28.5. The maximum absolute atomic E-state index is 13.3. The van der Waals surface area contributed by atoms with E-state index in [1.54, 1.807) is 0 Å². The Morgan fingerprint density at radius 1 is 0.818 bits per heavy atom. The van der Waals surface area contributed by atoms with Crippen molar-refractivity contribution in [1.29, 1.82) is 0 Å². The molecule has 8 heterocycles. The van der Waals surface area contributed by atoms with Crippen molar-refractivity contribution < 1.29 is 51.6 Å². The summed E-state index contributed by atoms with van der Waals surface area (Å²) < 4.78 is 61.4. The van der Waals surface area contributed by atoms with Crippen LogP contribution in [0.25, 0.3) is 11.2 Å². The first-order valence-electron chi connectivity index (χ1n) is 16.8. The number of phosphoric ester groups is 2. The first-order chi connectivity index (χ1) is 26.4. The molecule has 0 radical (unpaired) electrons. The first-order valence-corrected chi connectivity index (χ1v) is 19.7. The van der Waals surface area contributed by atoms with E-state index < -0.39 is 90.1 Å². The van der Waals surface area contributed by atoms with Crippen LogP contribution in [0, 0.1) is 0 Å². The number of rotatable bonds is 14. The number of aliphatic hydroxyl groups is 1. The highest BCUT2D eigenvalue weighted by molar-refractivity contribution is 7.46. The number of aromatic nitrogens is 4. The summed E-state index contributed by atoms with van der Waals surface area (Å²) in [5, 5.41) is 9.80. The fourth-order valence-electron chi connectivity index (χ4n) is 6.86. The molecule has 6 unspecified atom stereocenters. The second kappa shape index (κ2) is 15.0. The maximum atomic E-state index is 13.3. The summed E-state index contributed by atoms with van der Waals surface area (Å²) in [5.41, 5.74) is 18.5. The van der Waals surface area contributed by atoms with Crippen LogP contribution in [0.5, 0.6) is 0 Å². The van der Waals surface area contributed by atoms with Crippen molar-refractivity contribution in [3.8, 4) is 0 Å². The van der Waals surface area contributed by atoms with Gasteiger partial charge in [0.2, 0.25) is 0 Å². The molecule has 28 heteroatoms. The van der Waals surface area contributed by atoms with Gasteiger partial charge in [0.05, 0.1) is 51.0 Å². The first kappa shape index (κ1) is 37.6. The number of amidine groups is 2. The van der Waals surface area contributed by atoms with Gasteiger partial charge in [-0.1, -0.05) is 0 Å². The van der Waals surface area contributed by atoms with Crippen LogP contribution in [0.4, 0.5) is 5.82 Å². The third kappa shape index (κ3) is 7.62. The van der Waals surface area contributed by atoms with Gasteiger partial charge >= 0.3 is 0 Å². The van der Waals surface area contributed by atoms with Gasteiger partial charge in [0.1, 0.15) is 60.5 Å². The average molecular weight is 808 g/mol. The van der Waals surface area contributed by atoms with Gasteiger partial charge in [-0.25, -0.2) is 34.9 Å². The summed E-state index contributed by atoms with van der Waals surface area (Å²) in [4.78, 5) is 66.8. The van der Waals surface area contributed by atoms with E-state index in [0.29, 0.717) is 11.2 Å². The van der Waals surface area contributed by atoms with Crippen LogP contribution >= 0.6 is 15.6 Å². The van der Waals surface area contributed by atoms with Gasteiger partial charge in [-0.3, -0.25) is 19.1 Å². The Morgan fingerprint density at radius 3 is 2.02 bits per heavy atom. The summed E-state index contributed by atoms with van der Waals surface area (Å²) in [6, 6.07) is -1.29. The van der Waals surface area contributed by atoms with Crippen LogP contribution in [-0.4, -0.2) is 153 Å². The molecule has 6 aliphatic heterocycles. The van der Waals surface area contributed by atoms with E-state index in [1.165, 1.54) is 52.4 Å². The monoisotopic (exact) mass is 807 g/mol. The molecule has 12 atom stereocenters. The second-order valence-electron chi connectivity index (χ2n) is 12.9. The predicted molar refractivity (Wildman–Crippen MR) is 186 cm³/mol. The van der Waals surface area contributed by atoms with E-state index in [2.05, 4.69) is 44.9 Å². The molecule has 7 N–H and O–H groups in total. The third-order valence-corrected chi connectivity index (χ3v) is 11.4. The van der Waals surface area contributed by atoms with Crippen molar-refractivity contribution >= 4 is 69.7 Å².